The molecule has 0 heterocycles. The van der Waals surface area contributed by atoms with Crippen molar-refractivity contribution < 1.29 is 31.3 Å². The van der Waals surface area contributed by atoms with Crippen LogP contribution in [0.3, 0.4) is 0 Å². The molecule has 0 aliphatic rings. The van der Waals surface area contributed by atoms with E-state index in [2.05, 4.69) is 4.99 Å². The standard InChI is InChI=1S/C15H15NO.3CH3.Zr/c1-11-6-3-4-9-14(11)16-10-13-8-5-7-12(2)15(13)17;;;;/h3-10,17H,1-2H3;3*1H3;/q;3*-1;+3. The summed E-state index contributed by atoms with van der Waals surface area (Å²) in [5, 5.41) is 9.85. The molecular formula is C18H24NOZr. The monoisotopic (exact) mass is 360 g/mol. The zero-order chi connectivity index (χ0) is 12.3. The van der Waals surface area contributed by atoms with E-state index in [1.807, 2.05) is 56.3 Å². The quantitative estimate of drug-likeness (QED) is 0.585. The molecule has 2 rings (SSSR count). The number of hydrogen-bond acceptors (Lipinski definition) is 2. The van der Waals surface area contributed by atoms with Crippen molar-refractivity contribution in [3.63, 3.8) is 0 Å². The van der Waals surface area contributed by atoms with Crippen LogP contribution in [0.2, 0.25) is 0 Å². The second kappa shape index (κ2) is 11.5. The number of nitrogens with zero attached hydrogens (tertiary/aromatic N) is 1. The number of phenolic OH excluding ortho intramolecular Hbond substituents is 1. The fourth-order valence-corrected chi connectivity index (χ4v) is 1.63. The van der Waals surface area contributed by atoms with E-state index in [9.17, 15) is 5.11 Å². The van der Waals surface area contributed by atoms with Crippen molar-refractivity contribution in [3.8, 4) is 5.75 Å². The molecule has 3 heteroatoms. The van der Waals surface area contributed by atoms with Crippen LogP contribution in [0.25, 0.3) is 0 Å². The summed E-state index contributed by atoms with van der Waals surface area (Å²) in [7, 11) is 0. The molecule has 2 nitrogen and oxygen atoms in total. The van der Waals surface area contributed by atoms with Crippen molar-refractivity contribution in [1.29, 1.82) is 0 Å². The van der Waals surface area contributed by atoms with E-state index in [-0.39, 0.29) is 48.5 Å². The van der Waals surface area contributed by atoms with E-state index < -0.39 is 0 Å². The number of aliphatic imine (C=N–C) groups is 1. The van der Waals surface area contributed by atoms with Gasteiger partial charge in [-0.2, -0.15) is 0 Å². The molecule has 2 aromatic carbocycles. The minimum atomic E-state index is 0. The fourth-order valence-electron chi connectivity index (χ4n) is 1.63. The average Bonchev–Trinajstić information content (AvgIpc) is 2.33. The first-order chi connectivity index (χ1) is 8.18. The maximum atomic E-state index is 9.85. The van der Waals surface area contributed by atoms with Gasteiger partial charge in [0.1, 0.15) is 5.75 Å². The summed E-state index contributed by atoms with van der Waals surface area (Å²) >= 11 is 0. The van der Waals surface area contributed by atoms with E-state index in [1.54, 1.807) is 6.21 Å². The number of benzene rings is 2. The van der Waals surface area contributed by atoms with Crippen LogP contribution in [0.15, 0.2) is 47.5 Å². The molecule has 0 fully saturated rings. The van der Waals surface area contributed by atoms with Gasteiger partial charge in [0, 0.05) is 11.8 Å². The van der Waals surface area contributed by atoms with Gasteiger partial charge in [-0.1, -0.05) is 30.3 Å². The molecule has 0 saturated carbocycles. The second-order valence-corrected chi connectivity index (χ2v) is 4.06. The number of hydrogen-bond donors (Lipinski definition) is 1. The summed E-state index contributed by atoms with van der Waals surface area (Å²) in [6.45, 7) is 3.89. The van der Waals surface area contributed by atoms with Crippen LogP contribution in [0, 0.1) is 36.1 Å². The summed E-state index contributed by atoms with van der Waals surface area (Å²) in [6.07, 6.45) is 1.70. The van der Waals surface area contributed by atoms with Crippen molar-refractivity contribution in [2.24, 2.45) is 4.99 Å². The van der Waals surface area contributed by atoms with Crippen molar-refractivity contribution in [2.45, 2.75) is 13.8 Å². The molecule has 0 aromatic heterocycles. The van der Waals surface area contributed by atoms with Crippen molar-refractivity contribution in [3.05, 3.63) is 81.4 Å². The van der Waals surface area contributed by atoms with E-state index in [1.165, 1.54) is 0 Å². The Kier molecular flexibility index (Phi) is 13.5. The predicted octanol–water partition coefficient (Wildman–Crippen LogP) is 5.11. The van der Waals surface area contributed by atoms with Crippen LogP contribution in [0.1, 0.15) is 16.7 Å². The van der Waals surface area contributed by atoms with Gasteiger partial charge in [0.2, 0.25) is 0 Å². The molecule has 0 spiro atoms. The Morgan fingerprint density at radius 2 is 1.43 bits per heavy atom. The minimum absolute atomic E-state index is 0. The van der Waals surface area contributed by atoms with Gasteiger partial charge in [0.25, 0.3) is 0 Å². The second-order valence-electron chi connectivity index (χ2n) is 4.06. The normalized spacial score (nSPS) is 8.86. The summed E-state index contributed by atoms with van der Waals surface area (Å²) in [6, 6.07) is 13.6. The summed E-state index contributed by atoms with van der Waals surface area (Å²) in [5.74, 6) is 0.296. The Hall–Kier alpha value is -1.21. The molecule has 0 amide bonds. The third kappa shape index (κ3) is 6.39. The first kappa shape index (κ1) is 24.8. The number of aryl methyl sites for hydroxylation is 2. The Morgan fingerprint density at radius 1 is 0.857 bits per heavy atom. The van der Waals surface area contributed by atoms with Gasteiger partial charge >= 0.3 is 26.2 Å². The van der Waals surface area contributed by atoms with Gasteiger partial charge < -0.3 is 27.4 Å². The third-order valence-corrected chi connectivity index (χ3v) is 2.73. The maximum absolute atomic E-state index is 9.85. The van der Waals surface area contributed by atoms with E-state index in [4.69, 9.17) is 0 Å². The van der Waals surface area contributed by atoms with E-state index >= 15 is 0 Å². The Morgan fingerprint density at radius 3 is 2.05 bits per heavy atom. The minimum Gasteiger partial charge on any atom is -0.507 e. The van der Waals surface area contributed by atoms with E-state index in [0.29, 0.717) is 5.75 Å². The maximum Gasteiger partial charge on any atom is 3.00 e. The van der Waals surface area contributed by atoms with Crippen LogP contribution < -0.4 is 0 Å². The Balaban J connectivity index is -0.000000810. The molecule has 1 radical (unpaired) electrons. The topological polar surface area (TPSA) is 32.6 Å². The summed E-state index contributed by atoms with van der Waals surface area (Å²) in [4.78, 5) is 4.39. The zero-order valence-electron chi connectivity index (χ0n) is 13.5. The summed E-state index contributed by atoms with van der Waals surface area (Å²) < 4.78 is 0. The van der Waals surface area contributed by atoms with Gasteiger partial charge in [0.05, 0.1) is 5.69 Å². The van der Waals surface area contributed by atoms with Gasteiger partial charge in [0.15, 0.2) is 0 Å². The number of aromatic hydroxyl groups is 1. The molecule has 2 aromatic rings. The van der Waals surface area contributed by atoms with Gasteiger partial charge in [-0.3, -0.25) is 4.99 Å². The Labute approximate surface area is 149 Å². The molecule has 0 saturated heterocycles. The molecular weight excluding hydrogens is 337 g/mol. The van der Waals surface area contributed by atoms with Crippen LogP contribution in [-0.4, -0.2) is 11.3 Å². The smallest absolute Gasteiger partial charge is 0.507 e. The van der Waals surface area contributed by atoms with Crippen LogP contribution in [0.5, 0.6) is 5.75 Å². The Bertz CT molecular complexity index is 565. The molecule has 21 heavy (non-hydrogen) atoms. The molecule has 1 N–H and O–H groups in total. The van der Waals surface area contributed by atoms with Crippen LogP contribution in [-0.2, 0) is 26.2 Å². The first-order valence-electron chi connectivity index (χ1n) is 5.57. The van der Waals surface area contributed by atoms with Gasteiger partial charge in [-0.05, 0) is 37.1 Å². The van der Waals surface area contributed by atoms with Crippen LogP contribution >= 0.6 is 0 Å². The first-order valence-corrected chi connectivity index (χ1v) is 5.57. The fraction of sp³-hybridized carbons (Fsp3) is 0.111. The molecule has 0 aliphatic heterocycles. The largest absolute Gasteiger partial charge is 3.00 e. The van der Waals surface area contributed by atoms with Gasteiger partial charge in [-0.15, -0.1) is 0 Å². The van der Waals surface area contributed by atoms with Crippen molar-refractivity contribution in [1.82, 2.24) is 0 Å². The number of para-hydroxylation sites is 2. The SMILES string of the molecule is Cc1ccccc1N=Cc1cccc(C)c1O.[CH3-].[CH3-].[CH3-].[Zr+3]. The van der Waals surface area contributed by atoms with Gasteiger partial charge in [-0.25, -0.2) is 0 Å². The van der Waals surface area contributed by atoms with Crippen molar-refractivity contribution in [2.75, 3.05) is 0 Å². The predicted molar refractivity (Wildman–Crippen MR) is 90.5 cm³/mol. The molecule has 0 aliphatic carbocycles. The molecule has 0 bridgehead atoms. The van der Waals surface area contributed by atoms with E-state index in [0.717, 1.165) is 22.4 Å². The van der Waals surface area contributed by atoms with Crippen LogP contribution in [0.4, 0.5) is 5.69 Å². The third-order valence-electron chi connectivity index (χ3n) is 2.73. The molecule has 0 unspecified atom stereocenters. The summed E-state index contributed by atoms with van der Waals surface area (Å²) in [5.41, 5.74) is 3.65. The average molecular weight is 362 g/mol. The number of phenols is 1. The zero-order valence-corrected chi connectivity index (χ0v) is 16.0. The molecule has 0 atom stereocenters. The van der Waals surface area contributed by atoms with Crippen molar-refractivity contribution >= 4 is 11.9 Å². The molecule has 111 valence electrons. The number of rotatable bonds is 2.